The summed E-state index contributed by atoms with van der Waals surface area (Å²) in [4.78, 5) is 11.6. The maximum Gasteiger partial charge on any atom is 0.224 e. The lowest BCUT2D eigenvalue weighted by atomic mass is 10.1. The average Bonchev–Trinajstić information content (AvgIpc) is 2.23. The summed E-state index contributed by atoms with van der Waals surface area (Å²) in [5.41, 5.74) is 6.88. The number of carbonyl (C=O) groups excluding carboxylic acids is 1. The molecule has 0 spiro atoms. The second kappa shape index (κ2) is 6.12. The molecule has 0 aromatic heterocycles. The second-order valence-corrected chi connectivity index (χ2v) is 5.00. The Morgan fingerprint density at radius 2 is 2.24 bits per heavy atom. The third-order valence-electron chi connectivity index (χ3n) is 2.37. The molecule has 0 heterocycles. The Balaban J connectivity index is 2.68. The molecule has 1 rings (SSSR count). The van der Waals surface area contributed by atoms with Crippen LogP contribution in [0.2, 0.25) is 0 Å². The number of anilines is 1. The minimum Gasteiger partial charge on any atom is -0.328 e. The summed E-state index contributed by atoms with van der Waals surface area (Å²) in [6.07, 6.45) is 0.999. The number of carbonyl (C=O) groups is 1. The first-order valence-corrected chi connectivity index (χ1v) is 6.20. The maximum atomic E-state index is 13.2. The number of halogens is 2. The number of nitrogens with one attached hydrogen (secondary N) is 1. The molecule has 0 saturated carbocycles. The predicted molar refractivity (Wildman–Crippen MR) is 70.4 cm³/mol. The molecule has 1 unspecified atom stereocenters. The normalized spacial score (nSPS) is 12.3. The van der Waals surface area contributed by atoms with E-state index in [4.69, 9.17) is 5.73 Å². The Bertz CT molecular complexity index is 421. The molecule has 1 aromatic carbocycles. The van der Waals surface area contributed by atoms with Gasteiger partial charge in [-0.1, -0.05) is 0 Å². The summed E-state index contributed by atoms with van der Waals surface area (Å²) in [7, 11) is 0. The van der Waals surface area contributed by atoms with Crippen LogP contribution in [0.3, 0.4) is 0 Å². The molecule has 3 N–H and O–H groups in total. The highest BCUT2D eigenvalue weighted by molar-refractivity contribution is 9.10. The molecular formula is C12H16BrFN2O. The van der Waals surface area contributed by atoms with Crippen molar-refractivity contribution < 1.29 is 9.18 Å². The van der Waals surface area contributed by atoms with Crippen LogP contribution in [0.25, 0.3) is 0 Å². The van der Waals surface area contributed by atoms with Gasteiger partial charge in [-0.15, -0.1) is 0 Å². The van der Waals surface area contributed by atoms with Crippen molar-refractivity contribution in [3.05, 3.63) is 28.0 Å². The molecule has 0 radical (unpaired) electrons. The van der Waals surface area contributed by atoms with Crippen molar-refractivity contribution >= 4 is 27.5 Å². The predicted octanol–water partition coefficient (Wildman–Crippen LogP) is 2.96. The van der Waals surface area contributed by atoms with Gasteiger partial charge in [-0.05, 0) is 53.9 Å². The van der Waals surface area contributed by atoms with Crippen LogP contribution in [-0.4, -0.2) is 11.9 Å². The Morgan fingerprint density at radius 1 is 1.59 bits per heavy atom. The van der Waals surface area contributed by atoms with E-state index in [-0.39, 0.29) is 17.8 Å². The van der Waals surface area contributed by atoms with Crippen molar-refractivity contribution in [3.8, 4) is 0 Å². The fraction of sp³-hybridized carbons (Fsp3) is 0.417. The van der Waals surface area contributed by atoms with Gasteiger partial charge in [-0.25, -0.2) is 4.39 Å². The molecule has 0 saturated heterocycles. The number of hydrogen-bond donors (Lipinski definition) is 2. The minimum atomic E-state index is -0.337. The van der Waals surface area contributed by atoms with E-state index >= 15 is 0 Å². The summed E-state index contributed by atoms with van der Waals surface area (Å²) in [6, 6.07) is 2.95. The largest absolute Gasteiger partial charge is 0.328 e. The molecule has 3 nitrogen and oxygen atoms in total. The van der Waals surface area contributed by atoms with E-state index in [0.717, 1.165) is 0 Å². The lowest BCUT2D eigenvalue weighted by Crippen LogP contribution is -2.19. The van der Waals surface area contributed by atoms with Crippen molar-refractivity contribution in [3.63, 3.8) is 0 Å². The van der Waals surface area contributed by atoms with Crippen LogP contribution in [0.1, 0.15) is 25.3 Å². The van der Waals surface area contributed by atoms with Gasteiger partial charge in [0.25, 0.3) is 0 Å². The fourth-order valence-corrected chi connectivity index (χ4v) is 1.70. The molecule has 17 heavy (non-hydrogen) atoms. The van der Waals surface area contributed by atoms with Crippen molar-refractivity contribution in [2.45, 2.75) is 32.7 Å². The van der Waals surface area contributed by atoms with Crippen LogP contribution in [0, 0.1) is 12.7 Å². The third kappa shape index (κ3) is 4.44. The third-order valence-corrected chi connectivity index (χ3v) is 2.98. The molecule has 1 amide bonds. The van der Waals surface area contributed by atoms with Gasteiger partial charge in [0.2, 0.25) is 5.91 Å². The average molecular weight is 303 g/mol. The Hall–Kier alpha value is -0.940. The van der Waals surface area contributed by atoms with Crippen molar-refractivity contribution in [1.29, 1.82) is 0 Å². The van der Waals surface area contributed by atoms with Gasteiger partial charge >= 0.3 is 0 Å². The van der Waals surface area contributed by atoms with E-state index in [2.05, 4.69) is 21.2 Å². The highest BCUT2D eigenvalue weighted by Crippen LogP contribution is 2.24. The van der Waals surface area contributed by atoms with Crippen molar-refractivity contribution in [2.75, 3.05) is 5.32 Å². The smallest absolute Gasteiger partial charge is 0.224 e. The number of aryl methyl sites for hydroxylation is 1. The van der Waals surface area contributed by atoms with Gasteiger partial charge in [0.1, 0.15) is 5.82 Å². The van der Waals surface area contributed by atoms with Gasteiger partial charge in [0, 0.05) is 18.2 Å². The van der Waals surface area contributed by atoms with Gasteiger partial charge < -0.3 is 11.1 Å². The number of nitrogens with two attached hydrogens (primary N) is 1. The zero-order valence-electron chi connectivity index (χ0n) is 9.89. The summed E-state index contributed by atoms with van der Waals surface area (Å²) in [6.45, 7) is 3.60. The number of rotatable bonds is 4. The van der Waals surface area contributed by atoms with E-state index < -0.39 is 0 Å². The second-order valence-electron chi connectivity index (χ2n) is 4.15. The topological polar surface area (TPSA) is 55.1 Å². The first kappa shape index (κ1) is 14.1. The Morgan fingerprint density at radius 3 is 2.82 bits per heavy atom. The Kier molecular flexibility index (Phi) is 5.08. The summed E-state index contributed by atoms with van der Waals surface area (Å²) in [5, 5.41) is 2.74. The van der Waals surface area contributed by atoms with Crippen LogP contribution in [0.5, 0.6) is 0 Å². The van der Waals surface area contributed by atoms with Crippen molar-refractivity contribution in [1.82, 2.24) is 0 Å². The van der Waals surface area contributed by atoms with Gasteiger partial charge in [0.15, 0.2) is 0 Å². The molecule has 5 heteroatoms. The van der Waals surface area contributed by atoms with Crippen LogP contribution < -0.4 is 11.1 Å². The van der Waals surface area contributed by atoms with Gasteiger partial charge in [-0.2, -0.15) is 0 Å². The molecule has 0 aliphatic heterocycles. The molecule has 94 valence electrons. The monoisotopic (exact) mass is 302 g/mol. The van der Waals surface area contributed by atoms with E-state index in [1.807, 2.05) is 6.92 Å². The van der Waals surface area contributed by atoms with E-state index in [1.54, 1.807) is 13.0 Å². The number of benzene rings is 1. The van der Waals surface area contributed by atoms with Crippen LogP contribution in [0.4, 0.5) is 10.1 Å². The first-order chi connectivity index (χ1) is 7.90. The molecular weight excluding hydrogens is 287 g/mol. The fourth-order valence-electron chi connectivity index (χ4n) is 1.35. The van der Waals surface area contributed by atoms with Crippen LogP contribution in [-0.2, 0) is 4.79 Å². The molecule has 1 aromatic rings. The zero-order chi connectivity index (χ0) is 13.0. The lowest BCUT2D eigenvalue weighted by Gasteiger charge is -2.10. The Labute approximate surface area is 109 Å². The van der Waals surface area contributed by atoms with Crippen LogP contribution in [0.15, 0.2) is 16.6 Å². The maximum absolute atomic E-state index is 13.2. The number of amides is 1. The van der Waals surface area contributed by atoms with Gasteiger partial charge in [0.05, 0.1) is 4.47 Å². The molecule has 0 fully saturated rings. The SMILES string of the molecule is Cc1cc(F)c(Br)cc1NC(=O)CCC(C)N. The minimum absolute atomic E-state index is 0.00167. The highest BCUT2D eigenvalue weighted by atomic mass is 79.9. The van der Waals surface area contributed by atoms with E-state index in [1.165, 1.54) is 6.07 Å². The number of hydrogen-bond acceptors (Lipinski definition) is 2. The zero-order valence-corrected chi connectivity index (χ0v) is 11.5. The molecule has 0 aliphatic carbocycles. The van der Waals surface area contributed by atoms with E-state index in [9.17, 15) is 9.18 Å². The molecule has 0 aliphatic rings. The molecule has 1 atom stereocenters. The van der Waals surface area contributed by atoms with Crippen LogP contribution >= 0.6 is 15.9 Å². The molecule has 0 bridgehead atoms. The van der Waals surface area contributed by atoms with Crippen molar-refractivity contribution in [2.24, 2.45) is 5.73 Å². The standard InChI is InChI=1S/C12H16BrFN2O/c1-7-5-10(14)9(13)6-11(7)16-12(17)4-3-8(2)15/h5-6,8H,3-4,15H2,1-2H3,(H,16,17). The first-order valence-electron chi connectivity index (χ1n) is 5.41. The van der Waals surface area contributed by atoms with E-state index in [0.29, 0.717) is 28.6 Å². The lowest BCUT2D eigenvalue weighted by molar-refractivity contribution is -0.116. The quantitative estimate of drug-likeness (QED) is 0.898. The summed E-state index contributed by atoms with van der Waals surface area (Å²) in [5.74, 6) is -0.444. The highest BCUT2D eigenvalue weighted by Gasteiger charge is 2.09. The van der Waals surface area contributed by atoms with Gasteiger partial charge in [-0.3, -0.25) is 4.79 Å². The summed E-state index contributed by atoms with van der Waals surface area (Å²) >= 11 is 3.09. The summed E-state index contributed by atoms with van der Waals surface area (Å²) < 4.78 is 13.5.